The molecule has 2 aliphatic rings. The smallest absolute Gasteiger partial charge is 0.380 e. The van der Waals surface area contributed by atoms with E-state index in [9.17, 15) is 30.0 Å². The van der Waals surface area contributed by atoms with E-state index in [4.69, 9.17) is 11.6 Å². The molecule has 0 radical (unpaired) electrons. The van der Waals surface area contributed by atoms with Crippen molar-refractivity contribution in [2.75, 3.05) is 69.2 Å². The summed E-state index contributed by atoms with van der Waals surface area (Å²) in [6.07, 6.45) is 2.10. The summed E-state index contributed by atoms with van der Waals surface area (Å²) in [5.74, 6) is 0.388. The van der Waals surface area contributed by atoms with Crippen LogP contribution in [0.15, 0.2) is 118 Å². The summed E-state index contributed by atoms with van der Waals surface area (Å²) in [6.45, 7) is 6.90. The summed E-state index contributed by atoms with van der Waals surface area (Å²) in [5.41, 5.74) is -1.37. The topological polar surface area (TPSA) is 131 Å². The van der Waals surface area contributed by atoms with Crippen LogP contribution in [0.5, 0.6) is 0 Å². The van der Waals surface area contributed by atoms with Crippen LogP contribution in [0.2, 0.25) is 5.02 Å². The minimum Gasteiger partial charge on any atom is -0.380 e. The highest BCUT2D eigenvalue weighted by Crippen LogP contribution is 2.38. The summed E-state index contributed by atoms with van der Waals surface area (Å²) in [6, 6.07) is 28.1. The fourth-order valence-electron chi connectivity index (χ4n) is 7.87. The first-order valence-corrected chi connectivity index (χ1v) is 24.8. The number of hydrogen-bond donors (Lipinski definition) is 2. The molecule has 4 aromatic carbocycles. The van der Waals surface area contributed by atoms with Crippen LogP contribution < -0.4 is 10.0 Å². The molecule has 7 rings (SSSR count). The number of sulfonamides is 1. The molecular weight excluding hydrogens is 893 g/mol. The van der Waals surface area contributed by atoms with E-state index < -0.39 is 41.2 Å². The number of rotatable bonds is 16. The molecule has 1 aromatic heterocycles. The number of hydrazine groups is 1. The van der Waals surface area contributed by atoms with Crippen LogP contribution in [-0.2, 0) is 32.8 Å². The Bertz CT molecular complexity index is 2580. The van der Waals surface area contributed by atoms with E-state index in [1.807, 2.05) is 79.7 Å². The number of hydrogen-bond acceptors (Lipinski definition) is 12. The zero-order chi connectivity index (χ0) is 44.9. The minimum absolute atomic E-state index is 0.0123. The maximum atomic E-state index is 14.2. The van der Waals surface area contributed by atoms with Crippen molar-refractivity contribution in [1.82, 2.24) is 29.8 Å². The molecule has 0 amide bonds. The zero-order valence-corrected chi connectivity index (χ0v) is 38.3. The molecule has 0 saturated carbocycles. The molecule has 0 spiro atoms. The van der Waals surface area contributed by atoms with Gasteiger partial charge in [-0.25, -0.2) is 36.8 Å². The van der Waals surface area contributed by atoms with Crippen LogP contribution in [0, 0.1) is 0 Å². The molecular formula is C44H50ClF3N8O4S3. The Hall–Kier alpha value is -4.27. The lowest BCUT2D eigenvalue weighted by atomic mass is 9.94. The first-order chi connectivity index (χ1) is 30.0. The van der Waals surface area contributed by atoms with Gasteiger partial charge in [0, 0.05) is 66.0 Å². The van der Waals surface area contributed by atoms with Gasteiger partial charge in [-0.15, -0.1) is 11.8 Å². The van der Waals surface area contributed by atoms with Crippen molar-refractivity contribution in [2.24, 2.45) is 0 Å². The molecule has 1 unspecified atom stereocenters. The minimum atomic E-state index is -5.99. The molecule has 2 atom stereocenters. The van der Waals surface area contributed by atoms with Crippen LogP contribution in [0.25, 0.3) is 11.1 Å². The van der Waals surface area contributed by atoms with Gasteiger partial charge in [-0.05, 0) is 99.6 Å². The Balaban J connectivity index is 1.05. The lowest BCUT2D eigenvalue weighted by Crippen LogP contribution is -2.55. The van der Waals surface area contributed by atoms with Gasteiger partial charge in [0.1, 0.15) is 17.0 Å². The molecule has 19 heteroatoms. The highest BCUT2D eigenvalue weighted by Gasteiger charge is 2.48. The number of nitrogens with zero attached hydrogens (tertiary/aromatic N) is 6. The molecule has 2 aliphatic heterocycles. The summed E-state index contributed by atoms with van der Waals surface area (Å²) in [5, 5.41) is 8.17. The Morgan fingerprint density at radius 1 is 0.857 bits per heavy atom. The van der Waals surface area contributed by atoms with E-state index in [0.717, 1.165) is 54.3 Å². The standard InChI is InChI=1S/C44H50ClF3N8O4S3/c1-31(37-11-7-8-12-38(37)32-13-15-33(45)16-14-32)54-23-25-55(26-24-54)56-22-20-39-41(28-56)49-30-50-43(39)52-63(59,60)36-17-18-40(42(27-36)62(57,58)44(46,47)48)51-34(19-21-53(2)3)29-61-35-9-5-4-6-10-35/h4-18,27,30-31,34,51H,19-26,28-29H2,1-3H3,(H,49,50,52)/t31?,34-/m1/s1. The second kappa shape index (κ2) is 19.9. The Labute approximate surface area is 376 Å². The number of halogens is 4. The van der Waals surface area contributed by atoms with Gasteiger partial charge in [0.15, 0.2) is 0 Å². The molecule has 63 heavy (non-hydrogen) atoms. The van der Waals surface area contributed by atoms with Crippen LogP contribution in [0.3, 0.4) is 0 Å². The Kier molecular flexibility index (Phi) is 14.7. The number of aromatic nitrogens is 2. The number of sulfone groups is 1. The predicted octanol–water partition coefficient (Wildman–Crippen LogP) is 8.07. The van der Waals surface area contributed by atoms with Gasteiger partial charge in [-0.3, -0.25) is 9.62 Å². The van der Waals surface area contributed by atoms with E-state index in [2.05, 4.69) is 60.0 Å². The fraction of sp³-hybridized carbons (Fsp3) is 0.364. The van der Waals surface area contributed by atoms with Gasteiger partial charge in [0.05, 0.1) is 22.8 Å². The summed E-state index contributed by atoms with van der Waals surface area (Å²) in [4.78, 5) is 12.2. The summed E-state index contributed by atoms with van der Waals surface area (Å²) in [7, 11) is -6.91. The normalized spacial score (nSPS) is 16.7. The van der Waals surface area contributed by atoms with Crippen LogP contribution in [-0.4, -0.2) is 117 Å². The van der Waals surface area contributed by atoms with Crippen LogP contribution >= 0.6 is 23.4 Å². The summed E-state index contributed by atoms with van der Waals surface area (Å²) >= 11 is 7.63. The van der Waals surface area contributed by atoms with Crippen molar-refractivity contribution >= 4 is 54.7 Å². The van der Waals surface area contributed by atoms with Gasteiger partial charge in [-0.1, -0.05) is 66.2 Å². The molecule has 0 bridgehead atoms. The highest BCUT2D eigenvalue weighted by atomic mass is 35.5. The third-order valence-electron chi connectivity index (χ3n) is 11.4. The van der Waals surface area contributed by atoms with Crippen molar-refractivity contribution in [3.05, 3.63) is 125 Å². The number of piperazine rings is 1. The van der Waals surface area contributed by atoms with Crippen molar-refractivity contribution in [2.45, 2.75) is 58.6 Å². The van der Waals surface area contributed by atoms with E-state index in [0.29, 0.717) is 60.6 Å². The predicted molar refractivity (Wildman–Crippen MR) is 243 cm³/mol. The molecule has 336 valence electrons. The van der Waals surface area contributed by atoms with Crippen molar-refractivity contribution < 1.29 is 30.0 Å². The monoisotopic (exact) mass is 942 g/mol. The Morgan fingerprint density at radius 3 is 2.25 bits per heavy atom. The molecule has 1 saturated heterocycles. The fourth-order valence-corrected chi connectivity index (χ4v) is 11.1. The molecule has 3 heterocycles. The Morgan fingerprint density at radius 2 is 1.56 bits per heavy atom. The maximum Gasteiger partial charge on any atom is 0.501 e. The largest absolute Gasteiger partial charge is 0.501 e. The molecule has 1 fully saturated rings. The first kappa shape index (κ1) is 46.7. The number of benzene rings is 4. The van der Waals surface area contributed by atoms with E-state index in [1.54, 1.807) is 0 Å². The number of anilines is 2. The number of nitrogens with one attached hydrogen (secondary N) is 2. The van der Waals surface area contributed by atoms with Crippen molar-refractivity contribution in [3.8, 4) is 11.1 Å². The van der Waals surface area contributed by atoms with E-state index >= 15 is 0 Å². The van der Waals surface area contributed by atoms with Crippen molar-refractivity contribution in [1.29, 1.82) is 0 Å². The quantitative estimate of drug-likeness (QED) is 0.0929. The van der Waals surface area contributed by atoms with E-state index in [1.165, 1.54) is 23.7 Å². The average molecular weight is 944 g/mol. The number of fused-ring (bicyclic) bond motifs is 1. The van der Waals surface area contributed by atoms with Gasteiger partial charge >= 0.3 is 5.51 Å². The van der Waals surface area contributed by atoms with Crippen molar-refractivity contribution in [3.63, 3.8) is 0 Å². The molecule has 2 N–H and O–H groups in total. The van der Waals surface area contributed by atoms with Gasteiger partial charge in [0.2, 0.25) is 0 Å². The van der Waals surface area contributed by atoms with Gasteiger partial charge in [-0.2, -0.15) is 13.2 Å². The summed E-state index contributed by atoms with van der Waals surface area (Å²) < 4.78 is 98.9. The average Bonchev–Trinajstić information content (AvgIpc) is 3.27. The molecule has 12 nitrogen and oxygen atoms in total. The molecule has 5 aromatic rings. The highest BCUT2D eigenvalue weighted by molar-refractivity contribution is 7.99. The van der Waals surface area contributed by atoms with Gasteiger partial charge < -0.3 is 10.2 Å². The second-order valence-corrected chi connectivity index (χ2v) is 20.9. The molecule has 0 aliphatic carbocycles. The first-order valence-electron chi connectivity index (χ1n) is 20.5. The van der Waals surface area contributed by atoms with Crippen LogP contribution in [0.1, 0.15) is 36.2 Å². The third kappa shape index (κ3) is 11.2. The van der Waals surface area contributed by atoms with E-state index in [-0.39, 0.29) is 17.5 Å². The van der Waals surface area contributed by atoms with Crippen LogP contribution in [0.4, 0.5) is 24.7 Å². The lowest BCUT2D eigenvalue weighted by Gasteiger charge is -2.44. The number of alkyl halides is 3. The maximum absolute atomic E-state index is 14.2. The third-order valence-corrected chi connectivity index (χ3v) is 15.6. The zero-order valence-electron chi connectivity index (χ0n) is 35.1. The van der Waals surface area contributed by atoms with Gasteiger partial charge in [0.25, 0.3) is 19.9 Å². The SMILES string of the molecule is CC(c1ccccc1-c1ccc(Cl)cc1)N1CCN(N2CCc3c(ncnc3NS(=O)(=O)c3ccc(N[C@H](CCN(C)C)CSc4ccccc4)c(S(=O)(=O)C(F)(F)F)c3)C2)CC1. The lowest BCUT2D eigenvalue weighted by molar-refractivity contribution is -0.0736. The second-order valence-electron chi connectivity index (χ2n) is 15.8. The number of thioether (sulfide) groups is 1.